The molecule has 1 heterocycles. The van der Waals surface area contributed by atoms with E-state index >= 15 is 0 Å². The van der Waals surface area contributed by atoms with Crippen molar-refractivity contribution in [3.05, 3.63) is 63.6 Å². The largest absolute Gasteiger partial charge is 0.305 e. The van der Waals surface area contributed by atoms with Gasteiger partial charge in [0.15, 0.2) is 0 Å². The normalized spacial score (nSPS) is 12.4. The van der Waals surface area contributed by atoms with Crippen molar-refractivity contribution in [1.82, 2.24) is 10.3 Å². The van der Waals surface area contributed by atoms with Gasteiger partial charge in [0.1, 0.15) is 5.82 Å². The Labute approximate surface area is 121 Å². The van der Waals surface area contributed by atoms with Gasteiger partial charge >= 0.3 is 0 Å². The molecule has 1 aromatic heterocycles. The average Bonchev–Trinajstić information content (AvgIpc) is 2.40. The maximum absolute atomic E-state index is 13.4. The fraction of sp³-hybridized carbons (Fsp3) is 0.267. The highest BCUT2D eigenvalue weighted by Crippen LogP contribution is 2.27. The molecule has 2 nitrogen and oxygen atoms in total. The summed E-state index contributed by atoms with van der Waals surface area (Å²) in [6.07, 6.45) is 1.76. The van der Waals surface area contributed by atoms with E-state index in [0.29, 0.717) is 5.56 Å². The summed E-state index contributed by atoms with van der Waals surface area (Å²) in [5.74, 6) is -0.181. The van der Waals surface area contributed by atoms with Gasteiger partial charge in [-0.05, 0) is 58.7 Å². The summed E-state index contributed by atoms with van der Waals surface area (Å²) in [4.78, 5) is 4.42. The molecule has 0 aliphatic heterocycles. The second-order valence-corrected chi connectivity index (χ2v) is 5.22. The van der Waals surface area contributed by atoms with E-state index in [-0.39, 0.29) is 11.9 Å². The first-order valence-electron chi connectivity index (χ1n) is 6.23. The summed E-state index contributed by atoms with van der Waals surface area (Å²) in [5.41, 5.74) is 2.57. The van der Waals surface area contributed by atoms with E-state index in [1.807, 2.05) is 25.1 Å². The molecule has 1 unspecified atom stereocenters. The molecule has 19 heavy (non-hydrogen) atoms. The highest BCUT2D eigenvalue weighted by Gasteiger charge is 2.17. The van der Waals surface area contributed by atoms with E-state index in [0.717, 1.165) is 22.3 Å². The molecule has 2 aromatic rings. The van der Waals surface area contributed by atoms with Gasteiger partial charge in [0, 0.05) is 10.7 Å². The molecule has 100 valence electrons. The minimum atomic E-state index is -0.181. The number of aromatic nitrogens is 1. The molecule has 0 saturated heterocycles. The zero-order valence-corrected chi connectivity index (χ0v) is 12.5. The van der Waals surface area contributed by atoms with Crippen LogP contribution in [0.15, 0.2) is 41.0 Å². The Morgan fingerprint density at radius 3 is 2.79 bits per heavy atom. The molecule has 0 saturated carbocycles. The highest BCUT2D eigenvalue weighted by atomic mass is 79.9. The maximum Gasteiger partial charge on any atom is 0.126 e. The lowest BCUT2D eigenvalue weighted by atomic mass is 10.0. The Hall–Kier alpha value is -1.26. The number of aryl methyl sites for hydroxylation is 1. The van der Waals surface area contributed by atoms with Crippen LogP contribution in [-0.2, 0) is 0 Å². The van der Waals surface area contributed by atoms with E-state index in [2.05, 4.69) is 26.2 Å². The molecule has 0 aliphatic carbocycles. The molecule has 4 heteroatoms. The van der Waals surface area contributed by atoms with Gasteiger partial charge in [-0.1, -0.05) is 19.1 Å². The lowest BCUT2D eigenvalue weighted by molar-refractivity contribution is 0.598. The van der Waals surface area contributed by atoms with E-state index in [1.165, 1.54) is 6.07 Å². The van der Waals surface area contributed by atoms with E-state index in [1.54, 1.807) is 19.2 Å². The number of hydrogen-bond acceptors (Lipinski definition) is 2. The Morgan fingerprint density at radius 1 is 1.37 bits per heavy atom. The first-order valence-corrected chi connectivity index (χ1v) is 7.02. The summed E-state index contributed by atoms with van der Waals surface area (Å²) >= 11 is 3.52. The van der Waals surface area contributed by atoms with Gasteiger partial charge in [-0.2, -0.15) is 0 Å². The molecule has 0 spiro atoms. The smallest absolute Gasteiger partial charge is 0.126 e. The molecular formula is C15H16BrFN2. The summed E-state index contributed by atoms with van der Waals surface area (Å²) in [5, 5.41) is 3.39. The van der Waals surface area contributed by atoms with Crippen LogP contribution < -0.4 is 5.32 Å². The van der Waals surface area contributed by atoms with Crippen LogP contribution in [0.1, 0.15) is 29.8 Å². The summed E-state index contributed by atoms with van der Waals surface area (Å²) in [6.45, 7) is 4.62. The number of pyridine rings is 1. The molecule has 1 atom stereocenters. The Balaban J connectivity index is 2.45. The zero-order chi connectivity index (χ0) is 13.8. The van der Waals surface area contributed by atoms with Crippen molar-refractivity contribution >= 4 is 15.9 Å². The van der Waals surface area contributed by atoms with Gasteiger partial charge in [-0.15, -0.1) is 0 Å². The molecule has 0 amide bonds. The van der Waals surface area contributed by atoms with Crippen LogP contribution in [0.25, 0.3) is 0 Å². The van der Waals surface area contributed by atoms with Crippen molar-refractivity contribution in [3.63, 3.8) is 0 Å². The molecule has 1 N–H and O–H groups in total. The average molecular weight is 323 g/mol. The third-order valence-electron chi connectivity index (χ3n) is 2.98. The standard InChI is InChI=1S/C15H16BrFN2/c1-3-18-14(15-12(16)5-4-8-19-15)11-6-7-13(17)10(2)9-11/h4-9,14,18H,3H2,1-2H3. The van der Waals surface area contributed by atoms with Crippen molar-refractivity contribution in [2.45, 2.75) is 19.9 Å². The quantitative estimate of drug-likeness (QED) is 0.920. The molecule has 0 aliphatic rings. The lowest BCUT2D eigenvalue weighted by Crippen LogP contribution is -2.23. The first-order chi connectivity index (χ1) is 9.13. The number of nitrogens with zero attached hydrogens (tertiary/aromatic N) is 1. The Morgan fingerprint density at radius 2 is 2.16 bits per heavy atom. The topological polar surface area (TPSA) is 24.9 Å². The number of benzene rings is 1. The highest BCUT2D eigenvalue weighted by molar-refractivity contribution is 9.10. The second kappa shape index (κ2) is 6.26. The predicted octanol–water partition coefficient (Wildman–Crippen LogP) is 3.99. The van der Waals surface area contributed by atoms with Gasteiger partial charge in [-0.25, -0.2) is 4.39 Å². The van der Waals surface area contributed by atoms with Gasteiger partial charge in [0.2, 0.25) is 0 Å². The predicted molar refractivity (Wildman–Crippen MR) is 78.6 cm³/mol. The van der Waals surface area contributed by atoms with E-state index in [4.69, 9.17) is 0 Å². The van der Waals surface area contributed by atoms with Crippen LogP contribution in [0.5, 0.6) is 0 Å². The van der Waals surface area contributed by atoms with Crippen LogP contribution >= 0.6 is 15.9 Å². The van der Waals surface area contributed by atoms with Crippen LogP contribution in [0, 0.1) is 12.7 Å². The van der Waals surface area contributed by atoms with E-state index < -0.39 is 0 Å². The maximum atomic E-state index is 13.4. The SMILES string of the molecule is CCNC(c1ccc(F)c(C)c1)c1ncccc1Br. The van der Waals surface area contributed by atoms with Crippen LogP contribution in [0.4, 0.5) is 4.39 Å². The summed E-state index contributed by atoms with van der Waals surface area (Å²) in [6, 6.07) is 8.97. The molecule has 2 rings (SSSR count). The number of nitrogens with one attached hydrogen (secondary N) is 1. The Bertz CT molecular complexity index is 572. The number of hydrogen-bond donors (Lipinski definition) is 1. The van der Waals surface area contributed by atoms with Crippen LogP contribution in [-0.4, -0.2) is 11.5 Å². The molecule has 0 fully saturated rings. The molecular weight excluding hydrogens is 307 g/mol. The van der Waals surface area contributed by atoms with Crippen molar-refractivity contribution in [2.75, 3.05) is 6.54 Å². The van der Waals surface area contributed by atoms with Crippen molar-refractivity contribution in [1.29, 1.82) is 0 Å². The number of rotatable bonds is 4. The zero-order valence-electron chi connectivity index (χ0n) is 11.0. The summed E-state index contributed by atoms with van der Waals surface area (Å²) in [7, 11) is 0. The first kappa shape index (κ1) is 14.2. The molecule has 0 bridgehead atoms. The van der Waals surface area contributed by atoms with Gasteiger partial charge in [0.25, 0.3) is 0 Å². The minimum Gasteiger partial charge on any atom is -0.305 e. The summed E-state index contributed by atoms with van der Waals surface area (Å²) < 4.78 is 14.3. The third-order valence-corrected chi connectivity index (χ3v) is 3.65. The van der Waals surface area contributed by atoms with Gasteiger partial charge in [-0.3, -0.25) is 4.98 Å². The Kier molecular flexibility index (Phi) is 4.66. The number of halogens is 2. The monoisotopic (exact) mass is 322 g/mol. The van der Waals surface area contributed by atoms with E-state index in [9.17, 15) is 4.39 Å². The third kappa shape index (κ3) is 3.19. The molecule has 1 aromatic carbocycles. The van der Waals surface area contributed by atoms with Crippen molar-refractivity contribution in [3.8, 4) is 0 Å². The fourth-order valence-electron chi connectivity index (χ4n) is 2.03. The van der Waals surface area contributed by atoms with Crippen molar-refractivity contribution in [2.24, 2.45) is 0 Å². The van der Waals surface area contributed by atoms with Crippen LogP contribution in [0.3, 0.4) is 0 Å². The van der Waals surface area contributed by atoms with Gasteiger partial charge < -0.3 is 5.32 Å². The van der Waals surface area contributed by atoms with Crippen LogP contribution in [0.2, 0.25) is 0 Å². The second-order valence-electron chi connectivity index (χ2n) is 4.37. The van der Waals surface area contributed by atoms with Crippen molar-refractivity contribution < 1.29 is 4.39 Å². The minimum absolute atomic E-state index is 0.0418. The lowest BCUT2D eigenvalue weighted by Gasteiger charge is -2.19. The fourth-order valence-corrected chi connectivity index (χ4v) is 2.52. The molecule has 0 radical (unpaired) electrons. The van der Waals surface area contributed by atoms with Gasteiger partial charge in [0.05, 0.1) is 11.7 Å².